The van der Waals surface area contributed by atoms with Crippen LogP contribution in [0.3, 0.4) is 0 Å². The average Bonchev–Trinajstić information content (AvgIpc) is 2.56. The molecule has 0 aliphatic carbocycles. The van der Waals surface area contributed by atoms with E-state index in [9.17, 15) is 13.5 Å². The maximum Gasteiger partial charge on any atom is 0.158 e. The van der Waals surface area contributed by atoms with Gasteiger partial charge in [-0.25, -0.2) is 8.42 Å². The standard InChI is InChI=1S/C13H17NO3S/c1-9(2)18(16,17)8-11-6-10-4-5-12(15)7-13(10)14(11)3/h4-7,9,15H,8H2,1-3H3. The number of aromatic hydroxyl groups is 1. The molecule has 0 unspecified atom stereocenters. The zero-order valence-corrected chi connectivity index (χ0v) is 11.5. The molecule has 1 heterocycles. The van der Waals surface area contributed by atoms with Crippen LogP contribution in [-0.2, 0) is 22.6 Å². The lowest BCUT2D eigenvalue weighted by Gasteiger charge is -2.08. The summed E-state index contributed by atoms with van der Waals surface area (Å²) in [7, 11) is -1.30. The van der Waals surface area contributed by atoms with Gasteiger partial charge in [-0.1, -0.05) is 0 Å². The summed E-state index contributed by atoms with van der Waals surface area (Å²) in [4.78, 5) is 0. The normalized spacial score (nSPS) is 12.4. The van der Waals surface area contributed by atoms with Gasteiger partial charge >= 0.3 is 0 Å². The molecule has 0 bridgehead atoms. The molecule has 0 amide bonds. The number of aromatic nitrogens is 1. The predicted molar refractivity (Wildman–Crippen MR) is 72.3 cm³/mol. The summed E-state index contributed by atoms with van der Waals surface area (Å²) >= 11 is 0. The number of nitrogens with zero attached hydrogens (tertiary/aromatic N) is 1. The van der Waals surface area contributed by atoms with Gasteiger partial charge in [0.05, 0.1) is 16.5 Å². The number of phenolic OH excluding ortho intramolecular Hbond substituents is 1. The molecule has 5 heteroatoms. The molecule has 1 aromatic carbocycles. The van der Waals surface area contributed by atoms with Gasteiger partial charge in [-0.05, 0) is 32.0 Å². The third kappa shape index (κ3) is 2.22. The molecule has 0 radical (unpaired) electrons. The number of fused-ring (bicyclic) bond motifs is 1. The number of hydrogen-bond donors (Lipinski definition) is 1. The number of phenols is 1. The molecule has 98 valence electrons. The van der Waals surface area contributed by atoms with Crippen LogP contribution in [0.25, 0.3) is 10.9 Å². The molecule has 0 fully saturated rings. The van der Waals surface area contributed by atoms with Crippen molar-refractivity contribution in [2.75, 3.05) is 0 Å². The van der Waals surface area contributed by atoms with Crippen LogP contribution < -0.4 is 0 Å². The second-order valence-corrected chi connectivity index (χ2v) is 7.35. The topological polar surface area (TPSA) is 59.3 Å². The number of sulfone groups is 1. The van der Waals surface area contributed by atoms with Gasteiger partial charge in [0.25, 0.3) is 0 Å². The van der Waals surface area contributed by atoms with E-state index in [1.165, 1.54) is 0 Å². The second kappa shape index (κ2) is 4.31. The highest BCUT2D eigenvalue weighted by Gasteiger charge is 2.19. The summed E-state index contributed by atoms with van der Waals surface area (Å²) in [6.45, 7) is 3.37. The third-order valence-corrected chi connectivity index (χ3v) is 5.33. The molecule has 1 N–H and O–H groups in total. The van der Waals surface area contributed by atoms with Crippen LogP contribution in [0.1, 0.15) is 19.5 Å². The van der Waals surface area contributed by atoms with Gasteiger partial charge in [-0.3, -0.25) is 0 Å². The molecule has 0 spiro atoms. The van der Waals surface area contributed by atoms with E-state index in [2.05, 4.69) is 0 Å². The Balaban J connectivity index is 2.50. The predicted octanol–water partition coefficient (Wildman–Crippen LogP) is 2.21. The lowest BCUT2D eigenvalue weighted by Crippen LogP contribution is -2.17. The van der Waals surface area contributed by atoms with Crippen molar-refractivity contribution in [3.8, 4) is 5.75 Å². The zero-order chi connectivity index (χ0) is 13.5. The van der Waals surface area contributed by atoms with Crippen LogP contribution >= 0.6 is 0 Å². The number of rotatable bonds is 3. The largest absolute Gasteiger partial charge is 0.508 e. The van der Waals surface area contributed by atoms with E-state index >= 15 is 0 Å². The fourth-order valence-electron chi connectivity index (χ4n) is 1.89. The quantitative estimate of drug-likeness (QED) is 0.927. The zero-order valence-electron chi connectivity index (χ0n) is 10.7. The highest BCUT2D eigenvalue weighted by atomic mass is 32.2. The van der Waals surface area contributed by atoms with Gasteiger partial charge in [-0.2, -0.15) is 0 Å². The Kier molecular flexibility index (Phi) is 3.11. The highest BCUT2D eigenvalue weighted by Crippen LogP contribution is 2.24. The van der Waals surface area contributed by atoms with Crippen molar-refractivity contribution in [2.45, 2.75) is 24.9 Å². The second-order valence-electron chi connectivity index (χ2n) is 4.79. The summed E-state index contributed by atoms with van der Waals surface area (Å²) in [6.07, 6.45) is 0. The average molecular weight is 267 g/mol. The van der Waals surface area contributed by atoms with Gasteiger partial charge < -0.3 is 9.67 Å². The molecule has 0 saturated carbocycles. The molecule has 1 aromatic heterocycles. The summed E-state index contributed by atoms with van der Waals surface area (Å²) in [5, 5.41) is 10.0. The number of benzene rings is 1. The van der Waals surface area contributed by atoms with E-state index < -0.39 is 9.84 Å². The van der Waals surface area contributed by atoms with E-state index in [4.69, 9.17) is 0 Å². The van der Waals surface area contributed by atoms with Crippen molar-refractivity contribution < 1.29 is 13.5 Å². The molecule has 2 rings (SSSR count). The van der Waals surface area contributed by atoms with Crippen LogP contribution in [-0.4, -0.2) is 23.3 Å². The SMILES string of the molecule is CC(C)S(=O)(=O)Cc1cc2ccc(O)cc2n1C. The first kappa shape index (κ1) is 13.0. The summed E-state index contributed by atoms with van der Waals surface area (Å²) in [5.74, 6) is 0.207. The molecule has 18 heavy (non-hydrogen) atoms. The lowest BCUT2D eigenvalue weighted by atomic mass is 10.2. The molecule has 0 aliphatic heterocycles. The molecule has 4 nitrogen and oxygen atoms in total. The van der Waals surface area contributed by atoms with Crippen molar-refractivity contribution in [3.05, 3.63) is 30.0 Å². The van der Waals surface area contributed by atoms with Crippen LogP contribution in [0, 0.1) is 0 Å². The number of aryl methyl sites for hydroxylation is 1. The minimum absolute atomic E-state index is 0.0244. The van der Waals surface area contributed by atoms with Gasteiger partial charge in [0.15, 0.2) is 9.84 Å². The van der Waals surface area contributed by atoms with Crippen molar-refractivity contribution in [1.82, 2.24) is 4.57 Å². The van der Waals surface area contributed by atoms with Gasteiger partial charge in [0.1, 0.15) is 5.75 Å². The number of hydrogen-bond acceptors (Lipinski definition) is 3. The first-order chi connectivity index (χ1) is 8.31. The molecular weight excluding hydrogens is 250 g/mol. The van der Waals surface area contributed by atoms with E-state index in [1.54, 1.807) is 32.0 Å². The van der Waals surface area contributed by atoms with Crippen molar-refractivity contribution in [2.24, 2.45) is 7.05 Å². The Morgan fingerprint density at radius 3 is 2.56 bits per heavy atom. The van der Waals surface area contributed by atoms with Crippen molar-refractivity contribution in [1.29, 1.82) is 0 Å². The lowest BCUT2D eigenvalue weighted by molar-refractivity contribution is 0.476. The molecule has 0 atom stereocenters. The van der Waals surface area contributed by atoms with E-state index in [-0.39, 0.29) is 16.8 Å². The summed E-state index contributed by atoms with van der Waals surface area (Å²) in [6, 6.07) is 6.88. The van der Waals surface area contributed by atoms with Gasteiger partial charge in [0.2, 0.25) is 0 Å². The first-order valence-electron chi connectivity index (χ1n) is 5.80. The Morgan fingerprint density at radius 2 is 1.94 bits per heavy atom. The van der Waals surface area contributed by atoms with E-state index in [0.29, 0.717) is 0 Å². The fraction of sp³-hybridized carbons (Fsp3) is 0.385. The molecule has 2 aromatic rings. The van der Waals surface area contributed by atoms with Crippen molar-refractivity contribution in [3.63, 3.8) is 0 Å². The Hall–Kier alpha value is -1.49. The molecule has 0 saturated heterocycles. The molecule has 0 aliphatic rings. The minimum atomic E-state index is -3.11. The maximum atomic E-state index is 11.9. The van der Waals surface area contributed by atoms with Gasteiger partial charge in [-0.15, -0.1) is 0 Å². The van der Waals surface area contributed by atoms with Crippen LogP contribution in [0.2, 0.25) is 0 Å². The summed E-state index contributed by atoms with van der Waals surface area (Å²) < 4.78 is 25.7. The van der Waals surface area contributed by atoms with Crippen LogP contribution in [0.4, 0.5) is 0 Å². The minimum Gasteiger partial charge on any atom is -0.508 e. The monoisotopic (exact) mass is 267 g/mol. The van der Waals surface area contributed by atoms with E-state index in [0.717, 1.165) is 16.6 Å². The third-order valence-electron chi connectivity index (χ3n) is 3.20. The van der Waals surface area contributed by atoms with Crippen LogP contribution in [0.5, 0.6) is 5.75 Å². The van der Waals surface area contributed by atoms with E-state index in [1.807, 2.05) is 17.7 Å². The fourth-order valence-corrected chi connectivity index (χ4v) is 2.91. The smallest absolute Gasteiger partial charge is 0.158 e. The van der Waals surface area contributed by atoms with Crippen LogP contribution in [0.15, 0.2) is 24.3 Å². The molecular formula is C13H17NO3S. The Labute approximate surface area is 107 Å². The first-order valence-corrected chi connectivity index (χ1v) is 7.51. The Morgan fingerprint density at radius 1 is 1.28 bits per heavy atom. The van der Waals surface area contributed by atoms with Crippen molar-refractivity contribution >= 4 is 20.7 Å². The Bertz CT molecular complexity index is 684. The highest BCUT2D eigenvalue weighted by molar-refractivity contribution is 7.91. The maximum absolute atomic E-state index is 11.9. The summed E-state index contributed by atoms with van der Waals surface area (Å²) in [5.41, 5.74) is 1.58. The van der Waals surface area contributed by atoms with Gasteiger partial charge in [0, 0.05) is 24.2 Å².